The van der Waals surface area contributed by atoms with Crippen LogP contribution in [0.4, 0.5) is 24.0 Å². The number of anilines is 2. The van der Waals surface area contributed by atoms with E-state index in [1.807, 2.05) is 4.90 Å². The van der Waals surface area contributed by atoms with Crippen LogP contribution in [0.25, 0.3) is 10.6 Å². The Morgan fingerprint density at radius 2 is 1.59 bits per heavy atom. The number of aromatic nitrogens is 2. The molecule has 4 aromatic carbocycles. The summed E-state index contributed by atoms with van der Waals surface area (Å²) in [7, 11) is 0. The van der Waals surface area contributed by atoms with Gasteiger partial charge in [0.2, 0.25) is 5.13 Å². The molecule has 6 nitrogen and oxygen atoms in total. The Morgan fingerprint density at radius 3 is 2.27 bits per heavy atom. The van der Waals surface area contributed by atoms with Gasteiger partial charge in [0.15, 0.2) is 0 Å². The van der Waals surface area contributed by atoms with Crippen LogP contribution in [-0.4, -0.2) is 21.3 Å². The summed E-state index contributed by atoms with van der Waals surface area (Å²) in [4.78, 5) is 13.1. The number of benzene rings is 4. The minimum atomic E-state index is -4.48. The molecule has 12 heteroatoms. The lowest BCUT2D eigenvalue weighted by Crippen LogP contribution is -2.16. The number of hydrogen-bond donors (Lipinski definition) is 1. The standard InChI is InChI=1S/C29H18Cl2F3N3O3S/c30-24-12-11-21(15-25(24)31)37(16-17-7-9-18(10-8-17)27(38)39)28-36-35-26(41-28)19-3-1-5-22(13-19)40-23-6-2-4-20(14-23)29(32,33)34/h1-15H,16H2,(H,38,39). The van der Waals surface area contributed by atoms with Crippen molar-refractivity contribution in [2.45, 2.75) is 12.7 Å². The van der Waals surface area contributed by atoms with Crippen LogP contribution in [0.5, 0.6) is 11.5 Å². The third-order valence-corrected chi connectivity index (χ3v) is 7.61. The molecule has 41 heavy (non-hydrogen) atoms. The molecule has 0 saturated heterocycles. The second-order valence-corrected chi connectivity index (χ2v) is 10.5. The molecule has 0 bridgehead atoms. The van der Waals surface area contributed by atoms with E-state index in [0.717, 1.165) is 17.7 Å². The molecule has 0 aliphatic heterocycles. The van der Waals surface area contributed by atoms with E-state index in [1.54, 1.807) is 54.6 Å². The molecule has 0 saturated carbocycles. The minimum Gasteiger partial charge on any atom is -0.478 e. The first-order chi connectivity index (χ1) is 19.6. The van der Waals surface area contributed by atoms with Gasteiger partial charge in [0.1, 0.15) is 16.5 Å². The number of halogens is 5. The molecule has 5 aromatic rings. The zero-order chi connectivity index (χ0) is 29.1. The van der Waals surface area contributed by atoms with Gasteiger partial charge in [0, 0.05) is 11.3 Å². The van der Waals surface area contributed by atoms with Crippen molar-refractivity contribution in [3.05, 3.63) is 118 Å². The molecule has 0 aliphatic carbocycles. The fourth-order valence-electron chi connectivity index (χ4n) is 3.86. The number of rotatable bonds is 8. The summed E-state index contributed by atoms with van der Waals surface area (Å²) in [6.07, 6.45) is -4.48. The van der Waals surface area contributed by atoms with E-state index in [-0.39, 0.29) is 11.3 Å². The fourth-order valence-corrected chi connectivity index (χ4v) is 5.02. The van der Waals surface area contributed by atoms with Gasteiger partial charge in [-0.15, -0.1) is 10.2 Å². The lowest BCUT2D eigenvalue weighted by atomic mass is 10.1. The largest absolute Gasteiger partial charge is 0.478 e. The van der Waals surface area contributed by atoms with Gasteiger partial charge in [-0.05, 0) is 66.2 Å². The van der Waals surface area contributed by atoms with Crippen LogP contribution >= 0.6 is 34.5 Å². The Balaban J connectivity index is 1.44. The molecule has 5 rings (SSSR count). The predicted octanol–water partition coefficient (Wildman–Crippen LogP) is 9.36. The van der Waals surface area contributed by atoms with Crippen molar-refractivity contribution in [1.29, 1.82) is 0 Å². The van der Waals surface area contributed by atoms with E-state index in [2.05, 4.69) is 10.2 Å². The van der Waals surface area contributed by atoms with Crippen molar-refractivity contribution in [2.75, 3.05) is 4.90 Å². The van der Waals surface area contributed by atoms with Crippen LogP contribution in [0.15, 0.2) is 91.0 Å². The second-order valence-electron chi connectivity index (χ2n) is 8.73. The van der Waals surface area contributed by atoms with Crippen molar-refractivity contribution in [3.8, 4) is 22.1 Å². The Hall–Kier alpha value is -4.12. The molecule has 1 aromatic heterocycles. The third kappa shape index (κ3) is 6.79. The molecule has 0 radical (unpaired) electrons. The summed E-state index contributed by atoms with van der Waals surface area (Å²) in [6, 6.07) is 23.0. The number of nitrogens with zero attached hydrogens (tertiary/aromatic N) is 3. The molecular formula is C29H18Cl2F3N3O3S. The fraction of sp³-hybridized carbons (Fsp3) is 0.0690. The Kier molecular flexibility index (Phi) is 8.16. The average molecular weight is 616 g/mol. The van der Waals surface area contributed by atoms with E-state index in [1.165, 1.54) is 35.6 Å². The number of aromatic carboxylic acids is 1. The highest BCUT2D eigenvalue weighted by molar-refractivity contribution is 7.18. The van der Waals surface area contributed by atoms with Crippen molar-refractivity contribution >= 4 is 51.3 Å². The predicted molar refractivity (Wildman–Crippen MR) is 153 cm³/mol. The zero-order valence-electron chi connectivity index (χ0n) is 20.8. The molecule has 0 amide bonds. The van der Waals surface area contributed by atoms with Gasteiger partial charge in [-0.25, -0.2) is 4.79 Å². The summed E-state index contributed by atoms with van der Waals surface area (Å²) in [5, 5.41) is 19.7. The van der Waals surface area contributed by atoms with Gasteiger partial charge < -0.3 is 14.7 Å². The third-order valence-electron chi connectivity index (χ3n) is 5.88. The molecule has 1 N–H and O–H groups in total. The summed E-state index contributed by atoms with van der Waals surface area (Å²) in [5.41, 5.74) is 1.51. The molecule has 1 heterocycles. The van der Waals surface area contributed by atoms with Crippen LogP contribution in [-0.2, 0) is 12.7 Å². The van der Waals surface area contributed by atoms with Crippen LogP contribution in [0.1, 0.15) is 21.5 Å². The number of carbonyl (C=O) groups is 1. The van der Waals surface area contributed by atoms with E-state index in [9.17, 15) is 23.1 Å². The number of alkyl halides is 3. The summed E-state index contributed by atoms with van der Waals surface area (Å²) in [5.74, 6) is -0.640. The second kappa shape index (κ2) is 11.8. The van der Waals surface area contributed by atoms with Crippen LogP contribution in [0.2, 0.25) is 10.0 Å². The number of carboxylic acids is 1. The van der Waals surface area contributed by atoms with E-state index in [0.29, 0.717) is 43.7 Å². The molecule has 0 aliphatic rings. The molecule has 0 spiro atoms. The van der Waals surface area contributed by atoms with Crippen molar-refractivity contribution in [1.82, 2.24) is 10.2 Å². The van der Waals surface area contributed by atoms with Gasteiger partial charge in [-0.2, -0.15) is 13.2 Å². The first-order valence-corrected chi connectivity index (χ1v) is 13.5. The number of hydrogen-bond acceptors (Lipinski definition) is 6. The monoisotopic (exact) mass is 615 g/mol. The van der Waals surface area contributed by atoms with Gasteiger partial charge in [-0.3, -0.25) is 0 Å². The minimum absolute atomic E-state index is 0.0506. The smallest absolute Gasteiger partial charge is 0.416 e. The van der Waals surface area contributed by atoms with Crippen molar-refractivity contribution < 1.29 is 27.8 Å². The topological polar surface area (TPSA) is 75.5 Å². The highest BCUT2D eigenvalue weighted by Gasteiger charge is 2.30. The maximum Gasteiger partial charge on any atom is 0.416 e. The van der Waals surface area contributed by atoms with Crippen LogP contribution in [0, 0.1) is 0 Å². The van der Waals surface area contributed by atoms with Crippen LogP contribution in [0.3, 0.4) is 0 Å². The van der Waals surface area contributed by atoms with Gasteiger partial charge in [0.25, 0.3) is 0 Å². The molecule has 0 atom stereocenters. The average Bonchev–Trinajstić information content (AvgIpc) is 3.44. The first kappa shape index (κ1) is 28.4. The zero-order valence-corrected chi connectivity index (χ0v) is 23.1. The quantitative estimate of drug-likeness (QED) is 0.187. The summed E-state index contributed by atoms with van der Waals surface area (Å²) >= 11 is 13.7. The van der Waals surface area contributed by atoms with Gasteiger partial charge >= 0.3 is 12.1 Å². The maximum absolute atomic E-state index is 13.1. The van der Waals surface area contributed by atoms with Gasteiger partial charge in [0.05, 0.1) is 27.7 Å². The normalized spacial score (nSPS) is 11.3. The van der Waals surface area contributed by atoms with Crippen molar-refractivity contribution in [2.24, 2.45) is 0 Å². The summed E-state index contributed by atoms with van der Waals surface area (Å²) < 4.78 is 45.0. The first-order valence-electron chi connectivity index (χ1n) is 11.9. The Labute approximate surface area is 246 Å². The van der Waals surface area contributed by atoms with Crippen molar-refractivity contribution in [3.63, 3.8) is 0 Å². The van der Waals surface area contributed by atoms with Crippen LogP contribution < -0.4 is 9.64 Å². The SMILES string of the molecule is O=C(O)c1ccc(CN(c2ccc(Cl)c(Cl)c2)c2nnc(-c3cccc(Oc4cccc(C(F)(F)F)c4)c3)s2)cc1. The highest BCUT2D eigenvalue weighted by atomic mass is 35.5. The molecule has 208 valence electrons. The maximum atomic E-state index is 13.1. The molecule has 0 unspecified atom stereocenters. The van der Waals surface area contributed by atoms with E-state index >= 15 is 0 Å². The van der Waals surface area contributed by atoms with E-state index in [4.69, 9.17) is 27.9 Å². The highest BCUT2D eigenvalue weighted by Crippen LogP contribution is 2.38. The summed E-state index contributed by atoms with van der Waals surface area (Å²) in [6.45, 7) is 0.325. The molecular weight excluding hydrogens is 598 g/mol. The Morgan fingerprint density at radius 1 is 0.878 bits per heavy atom. The van der Waals surface area contributed by atoms with E-state index < -0.39 is 17.7 Å². The number of ether oxygens (including phenoxy) is 1. The lowest BCUT2D eigenvalue weighted by Gasteiger charge is -2.22. The number of carboxylic acid groups (broad SMARTS) is 1. The Bertz CT molecular complexity index is 1710. The lowest BCUT2D eigenvalue weighted by molar-refractivity contribution is -0.137. The molecule has 0 fully saturated rings. The van der Waals surface area contributed by atoms with Gasteiger partial charge in [-0.1, -0.05) is 64.9 Å².